The first-order chi connectivity index (χ1) is 5.77. The van der Waals surface area contributed by atoms with Crippen molar-refractivity contribution in [1.82, 2.24) is 4.98 Å². The SMILES string of the molecule is Cc1cccc2cnc(Cl)cc12. The Hall–Kier alpha value is -1.08. The summed E-state index contributed by atoms with van der Waals surface area (Å²) in [6.45, 7) is 2.07. The summed E-state index contributed by atoms with van der Waals surface area (Å²) in [5.41, 5.74) is 1.23. The predicted molar refractivity (Wildman–Crippen MR) is 51.5 cm³/mol. The molecule has 0 saturated heterocycles. The highest BCUT2D eigenvalue weighted by molar-refractivity contribution is 6.30. The van der Waals surface area contributed by atoms with Crippen molar-refractivity contribution in [2.75, 3.05) is 0 Å². The number of fused-ring (bicyclic) bond motifs is 1. The molecule has 2 heteroatoms. The van der Waals surface area contributed by atoms with Gasteiger partial charge < -0.3 is 0 Å². The summed E-state index contributed by atoms with van der Waals surface area (Å²) >= 11 is 5.78. The molecule has 0 radical (unpaired) electrons. The summed E-state index contributed by atoms with van der Waals surface area (Å²) in [4.78, 5) is 4.01. The molecule has 1 aromatic heterocycles. The van der Waals surface area contributed by atoms with Crippen molar-refractivity contribution < 1.29 is 0 Å². The molecule has 2 rings (SSSR count). The van der Waals surface area contributed by atoms with Crippen LogP contribution in [-0.4, -0.2) is 4.98 Å². The van der Waals surface area contributed by atoms with Crippen molar-refractivity contribution in [2.24, 2.45) is 0 Å². The van der Waals surface area contributed by atoms with Gasteiger partial charge in [-0.25, -0.2) is 4.98 Å². The largest absolute Gasteiger partial charge is 0.244 e. The molecule has 0 bridgehead atoms. The minimum atomic E-state index is 0.553. The molecule has 0 aliphatic heterocycles. The van der Waals surface area contributed by atoms with Gasteiger partial charge in [0.2, 0.25) is 0 Å². The maximum absolute atomic E-state index is 5.78. The zero-order valence-corrected chi connectivity index (χ0v) is 7.47. The Labute approximate surface area is 76.0 Å². The standard InChI is InChI=1S/C10H8ClN/c1-7-3-2-4-8-6-12-10(11)5-9(7)8/h2-6H,1H3. The van der Waals surface area contributed by atoms with Crippen LogP contribution in [0.4, 0.5) is 0 Å². The molecule has 12 heavy (non-hydrogen) atoms. The first kappa shape index (κ1) is 7.56. The Balaban J connectivity index is 2.88. The number of rotatable bonds is 0. The van der Waals surface area contributed by atoms with Crippen LogP contribution in [-0.2, 0) is 0 Å². The van der Waals surface area contributed by atoms with E-state index in [1.54, 1.807) is 6.20 Å². The number of benzene rings is 1. The van der Waals surface area contributed by atoms with Gasteiger partial charge in [0.1, 0.15) is 5.15 Å². The van der Waals surface area contributed by atoms with Crippen LogP contribution in [0.5, 0.6) is 0 Å². The second kappa shape index (κ2) is 2.76. The molecule has 2 aromatic rings. The van der Waals surface area contributed by atoms with Gasteiger partial charge in [-0.3, -0.25) is 0 Å². The minimum Gasteiger partial charge on any atom is -0.244 e. The van der Waals surface area contributed by atoms with Gasteiger partial charge in [-0.1, -0.05) is 29.8 Å². The van der Waals surface area contributed by atoms with E-state index in [-0.39, 0.29) is 0 Å². The van der Waals surface area contributed by atoms with E-state index in [2.05, 4.69) is 18.0 Å². The molecule has 0 atom stereocenters. The Bertz CT molecular complexity index is 423. The van der Waals surface area contributed by atoms with Crippen molar-refractivity contribution in [3.63, 3.8) is 0 Å². The van der Waals surface area contributed by atoms with Crippen LogP contribution in [0.3, 0.4) is 0 Å². The minimum absolute atomic E-state index is 0.553. The summed E-state index contributed by atoms with van der Waals surface area (Å²) in [6.07, 6.45) is 1.80. The number of nitrogens with zero attached hydrogens (tertiary/aromatic N) is 1. The van der Waals surface area contributed by atoms with Crippen LogP contribution in [0.1, 0.15) is 5.56 Å². The summed E-state index contributed by atoms with van der Waals surface area (Å²) in [6, 6.07) is 8.02. The van der Waals surface area contributed by atoms with Crippen LogP contribution in [0.2, 0.25) is 5.15 Å². The fourth-order valence-corrected chi connectivity index (χ4v) is 1.46. The average Bonchev–Trinajstić information content (AvgIpc) is 2.07. The third-order valence-corrected chi connectivity index (χ3v) is 2.15. The number of halogens is 1. The predicted octanol–water partition coefficient (Wildman–Crippen LogP) is 3.20. The van der Waals surface area contributed by atoms with Crippen LogP contribution < -0.4 is 0 Å². The molecule has 0 amide bonds. The summed E-state index contributed by atoms with van der Waals surface area (Å²) in [5, 5.41) is 2.87. The highest BCUT2D eigenvalue weighted by Gasteiger charge is 1.97. The molecule has 0 unspecified atom stereocenters. The lowest BCUT2D eigenvalue weighted by Gasteiger charge is -2.00. The molecule has 0 fully saturated rings. The van der Waals surface area contributed by atoms with Crippen molar-refractivity contribution in [2.45, 2.75) is 6.92 Å². The second-order valence-corrected chi connectivity index (χ2v) is 3.19. The zero-order chi connectivity index (χ0) is 8.55. The van der Waals surface area contributed by atoms with Crippen molar-refractivity contribution >= 4 is 22.4 Å². The highest BCUT2D eigenvalue weighted by Crippen LogP contribution is 2.19. The highest BCUT2D eigenvalue weighted by atomic mass is 35.5. The van der Waals surface area contributed by atoms with Gasteiger partial charge in [-0.05, 0) is 23.9 Å². The van der Waals surface area contributed by atoms with Gasteiger partial charge in [-0.15, -0.1) is 0 Å². The first-order valence-corrected chi connectivity index (χ1v) is 4.16. The first-order valence-electron chi connectivity index (χ1n) is 3.78. The van der Waals surface area contributed by atoms with E-state index < -0.39 is 0 Å². The fourth-order valence-electron chi connectivity index (χ4n) is 1.30. The molecule has 1 heterocycles. The number of hydrogen-bond donors (Lipinski definition) is 0. The van der Waals surface area contributed by atoms with E-state index in [1.165, 1.54) is 10.9 Å². The van der Waals surface area contributed by atoms with Gasteiger partial charge in [0.05, 0.1) is 0 Å². The third-order valence-electron chi connectivity index (χ3n) is 1.95. The van der Waals surface area contributed by atoms with Crippen molar-refractivity contribution in [3.05, 3.63) is 41.2 Å². The van der Waals surface area contributed by atoms with E-state index >= 15 is 0 Å². The molecule has 0 aliphatic rings. The monoisotopic (exact) mass is 177 g/mol. The van der Waals surface area contributed by atoms with Crippen LogP contribution in [0.15, 0.2) is 30.5 Å². The van der Waals surface area contributed by atoms with E-state index in [1.807, 2.05) is 18.2 Å². The van der Waals surface area contributed by atoms with Crippen molar-refractivity contribution in [3.8, 4) is 0 Å². The van der Waals surface area contributed by atoms with E-state index in [0.29, 0.717) is 5.15 Å². The van der Waals surface area contributed by atoms with E-state index in [0.717, 1.165) is 5.39 Å². The number of aryl methyl sites for hydroxylation is 1. The fraction of sp³-hybridized carbons (Fsp3) is 0.100. The molecule has 1 nitrogen and oxygen atoms in total. The maximum Gasteiger partial charge on any atom is 0.129 e. The van der Waals surface area contributed by atoms with Gasteiger partial charge in [0.25, 0.3) is 0 Å². The Morgan fingerprint density at radius 2 is 2.17 bits per heavy atom. The molecule has 0 N–H and O–H groups in total. The average molecular weight is 178 g/mol. The van der Waals surface area contributed by atoms with E-state index in [9.17, 15) is 0 Å². The van der Waals surface area contributed by atoms with E-state index in [4.69, 9.17) is 11.6 Å². The molecule has 0 aliphatic carbocycles. The van der Waals surface area contributed by atoms with Gasteiger partial charge in [0, 0.05) is 11.6 Å². The molecule has 0 spiro atoms. The molecular weight excluding hydrogens is 170 g/mol. The van der Waals surface area contributed by atoms with Crippen LogP contribution in [0, 0.1) is 6.92 Å². The Kier molecular flexibility index (Phi) is 1.74. The maximum atomic E-state index is 5.78. The topological polar surface area (TPSA) is 12.9 Å². The van der Waals surface area contributed by atoms with Crippen LogP contribution >= 0.6 is 11.6 Å². The zero-order valence-electron chi connectivity index (χ0n) is 6.71. The molecule has 1 aromatic carbocycles. The van der Waals surface area contributed by atoms with Gasteiger partial charge in [-0.2, -0.15) is 0 Å². The quantitative estimate of drug-likeness (QED) is 0.564. The lowest BCUT2D eigenvalue weighted by Crippen LogP contribution is -1.80. The molecule has 0 saturated carbocycles. The summed E-state index contributed by atoms with van der Waals surface area (Å²) in [7, 11) is 0. The van der Waals surface area contributed by atoms with Crippen LogP contribution in [0.25, 0.3) is 10.8 Å². The van der Waals surface area contributed by atoms with Crippen molar-refractivity contribution in [1.29, 1.82) is 0 Å². The number of pyridine rings is 1. The normalized spacial score (nSPS) is 10.5. The lowest BCUT2D eigenvalue weighted by molar-refractivity contribution is 1.35. The molecular formula is C10H8ClN. The number of aromatic nitrogens is 1. The lowest BCUT2D eigenvalue weighted by atomic mass is 10.1. The third kappa shape index (κ3) is 1.16. The summed E-state index contributed by atoms with van der Waals surface area (Å²) < 4.78 is 0. The smallest absolute Gasteiger partial charge is 0.129 e. The summed E-state index contributed by atoms with van der Waals surface area (Å²) in [5.74, 6) is 0. The number of hydrogen-bond acceptors (Lipinski definition) is 1. The molecule has 60 valence electrons. The van der Waals surface area contributed by atoms with Gasteiger partial charge >= 0.3 is 0 Å². The Morgan fingerprint density at radius 1 is 1.33 bits per heavy atom. The van der Waals surface area contributed by atoms with Gasteiger partial charge in [0.15, 0.2) is 0 Å². The Morgan fingerprint density at radius 3 is 3.00 bits per heavy atom. The second-order valence-electron chi connectivity index (χ2n) is 2.80.